The van der Waals surface area contributed by atoms with E-state index in [1.165, 1.54) is 12.8 Å². The summed E-state index contributed by atoms with van der Waals surface area (Å²) in [7, 11) is 0. The number of carbonyl (C=O) groups is 2. The van der Waals surface area contributed by atoms with Gasteiger partial charge in [0, 0.05) is 32.1 Å². The molecule has 3 fully saturated rings. The number of nitrogens with zero attached hydrogens (tertiary/aromatic N) is 2. The number of carbonyl (C=O) groups excluding carboxylic acids is 2. The van der Waals surface area contributed by atoms with Crippen LogP contribution in [-0.4, -0.2) is 47.3 Å². The van der Waals surface area contributed by atoms with E-state index in [9.17, 15) is 9.59 Å². The summed E-state index contributed by atoms with van der Waals surface area (Å²) in [4.78, 5) is 28.7. The molecule has 0 N–H and O–H groups in total. The van der Waals surface area contributed by atoms with Crippen molar-refractivity contribution in [3.8, 4) is 0 Å². The van der Waals surface area contributed by atoms with E-state index in [-0.39, 0.29) is 17.7 Å². The molecule has 3 rings (SSSR count). The van der Waals surface area contributed by atoms with Crippen molar-refractivity contribution in [2.75, 3.05) is 19.6 Å². The minimum atomic E-state index is -0.0727. The van der Waals surface area contributed by atoms with Gasteiger partial charge in [-0.05, 0) is 31.6 Å². The second-order valence-electron chi connectivity index (χ2n) is 6.89. The van der Waals surface area contributed by atoms with Gasteiger partial charge in [0.05, 0.1) is 5.92 Å². The molecule has 4 nitrogen and oxygen atoms in total. The van der Waals surface area contributed by atoms with Crippen molar-refractivity contribution < 1.29 is 9.59 Å². The van der Waals surface area contributed by atoms with Crippen LogP contribution >= 0.6 is 0 Å². The lowest BCUT2D eigenvalue weighted by molar-refractivity contribution is -0.137. The summed E-state index contributed by atoms with van der Waals surface area (Å²) in [5.74, 6) is 1.10. The molecule has 0 aromatic carbocycles. The highest BCUT2D eigenvalue weighted by atomic mass is 16.2. The van der Waals surface area contributed by atoms with Gasteiger partial charge in [-0.3, -0.25) is 9.59 Å². The van der Waals surface area contributed by atoms with E-state index in [2.05, 4.69) is 6.92 Å². The highest BCUT2D eigenvalue weighted by Gasteiger charge is 2.40. The summed E-state index contributed by atoms with van der Waals surface area (Å²) in [6.45, 7) is 4.69. The fourth-order valence-electron chi connectivity index (χ4n) is 3.95. The fraction of sp³-hybridized carbons (Fsp3) is 0.875. The fourth-order valence-corrected chi connectivity index (χ4v) is 3.95. The Balaban J connectivity index is 1.58. The van der Waals surface area contributed by atoms with Crippen LogP contribution in [0.5, 0.6) is 0 Å². The van der Waals surface area contributed by atoms with Gasteiger partial charge in [-0.1, -0.05) is 19.8 Å². The van der Waals surface area contributed by atoms with Crippen molar-refractivity contribution in [3.63, 3.8) is 0 Å². The normalized spacial score (nSPS) is 29.4. The number of rotatable bonds is 2. The van der Waals surface area contributed by atoms with Crippen LogP contribution in [0.25, 0.3) is 0 Å². The van der Waals surface area contributed by atoms with Crippen molar-refractivity contribution in [1.29, 1.82) is 0 Å². The van der Waals surface area contributed by atoms with Crippen LogP contribution in [0.2, 0.25) is 0 Å². The predicted molar refractivity (Wildman–Crippen MR) is 77.1 cm³/mol. The SMILES string of the molecule is CC1CCN(C(=O)C2CC(=O)N(C3CCCC3)C2)CC1. The van der Waals surface area contributed by atoms with E-state index in [4.69, 9.17) is 0 Å². The summed E-state index contributed by atoms with van der Waals surface area (Å²) < 4.78 is 0. The van der Waals surface area contributed by atoms with Gasteiger partial charge in [-0.25, -0.2) is 0 Å². The van der Waals surface area contributed by atoms with Crippen molar-refractivity contribution in [2.45, 2.75) is 57.9 Å². The Morgan fingerprint density at radius 3 is 2.40 bits per heavy atom. The molecule has 0 bridgehead atoms. The molecular formula is C16H26N2O2. The van der Waals surface area contributed by atoms with Gasteiger partial charge in [0.1, 0.15) is 0 Å². The van der Waals surface area contributed by atoms with Crippen LogP contribution in [-0.2, 0) is 9.59 Å². The third-order valence-corrected chi connectivity index (χ3v) is 5.37. The summed E-state index contributed by atoms with van der Waals surface area (Å²) in [6.07, 6.45) is 7.40. The van der Waals surface area contributed by atoms with Crippen molar-refractivity contribution in [1.82, 2.24) is 9.80 Å². The van der Waals surface area contributed by atoms with Gasteiger partial charge >= 0.3 is 0 Å². The molecule has 1 unspecified atom stereocenters. The first-order valence-electron chi connectivity index (χ1n) is 8.23. The second kappa shape index (κ2) is 5.74. The molecule has 0 spiro atoms. The number of piperidine rings is 1. The Morgan fingerprint density at radius 2 is 1.75 bits per heavy atom. The van der Waals surface area contributed by atoms with Gasteiger partial charge in [0.25, 0.3) is 0 Å². The number of hydrogen-bond acceptors (Lipinski definition) is 2. The maximum atomic E-state index is 12.6. The molecule has 20 heavy (non-hydrogen) atoms. The van der Waals surface area contributed by atoms with Gasteiger partial charge in [-0.2, -0.15) is 0 Å². The van der Waals surface area contributed by atoms with Crippen LogP contribution < -0.4 is 0 Å². The van der Waals surface area contributed by atoms with Gasteiger partial charge in [0.2, 0.25) is 11.8 Å². The molecule has 1 saturated carbocycles. The molecule has 2 amide bonds. The molecule has 2 aliphatic heterocycles. The Kier molecular flexibility index (Phi) is 3.99. The lowest BCUT2D eigenvalue weighted by Crippen LogP contribution is -2.42. The summed E-state index contributed by atoms with van der Waals surface area (Å²) >= 11 is 0. The first-order valence-corrected chi connectivity index (χ1v) is 8.23. The minimum Gasteiger partial charge on any atom is -0.342 e. The zero-order valence-corrected chi connectivity index (χ0v) is 12.5. The van der Waals surface area contributed by atoms with Crippen molar-refractivity contribution >= 4 is 11.8 Å². The molecule has 2 heterocycles. The van der Waals surface area contributed by atoms with E-state index in [0.717, 1.165) is 44.7 Å². The molecule has 0 aromatic heterocycles. The van der Waals surface area contributed by atoms with E-state index in [0.29, 0.717) is 19.0 Å². The highest BCUT2D eigenvalue weighted by molar-refractivity contribution is 5.89. The predicted octanol–water partition coefficient (Wildman–Crippen LogP) is 2.04. The summed E-state index contributed by atoms with van der Waals surface area (Å²) in [6, 6.07) is 0.418. The smallest absolute Gasteiger partial charge is 0.227 e. The molecule has 3 aliphatic rings. The average molecular weight is 278 g/mol. The second-order valence-corrected chi connectivity index (χ2v) is 6.89. The van der Waals surface area contributed by atoms with Crippen LogP contribution in [0.4, 0.5) is 0 Å². The summed E-state index contributed by atoms with van der Waals surface area (Å²) in [5, 5.41) is 0. The molecule has 0 aromatic rings. The van der Waals surface area contributed by atoms with E-state index in [1.54, 1.807) is 0 Å². The first kappa shape index (κ1) is 13.9. The first-order chi connectivity index (χ1) is 9.65. The average Bonchev–Trinajstić information content (AvgIpc) is 3.07. The van der Waals surface area contributed by atoms with Gasteiger partial charge < -0.3 is 9.80 Å². The van der Waals surface area contributed by atoms with Gasteiger partial charge in [0.15, 0.2) is 0 Å². The third-order valence-electron chi connectivity index (χ3n) is 5.37. The largest absolute Gasteiger partial charge is 0.342 e. The Labute approximate surface area is 121 Å². The van der Waals surface area contributed by atoms with Crippen molar-refractivity contribution in [2.24, 2.45) is 11.8 Å². The summed E-state index contributed by atoms with van der Waals surface area (Å²) in [5.41, 5.74) is 0. The van der Waals surface area contributed by atoms with Crippen LogP contribution in [0, 0.1) is 11.8 Å². The standard InChI is InChI=1S/C16H26N2O2/c1-12-6-8-17(9-7-12)16(20)13-10-15(19)18(11-13)14-4-2-3-5-14/h12-14H,2-11H2,1H3. The quantitative estimate of drug-likeness (QED) is 0.775. The monoisotopic (exact) mass is 278 g/mol. The number of hydrogen-bond donors (Lipinski definition) is 0. The molecule has 1 atom stereocenters. The van der Waals surface area contributed by atoms with E-state index in [1.807, 2.05) is 9.80 Å². The minimum absolute atomic E-state index is 0.0727. The Morgan fingerprint density at radius 1 is 1.10 bits per heavy atom. The number of likely N-dealkylation sites (tertiary alicyclic amines) is 2. The Bertz CT molecular complexity index is 382. The van der Waals surface area contributed by atoms with Crippen LogP contribution in [0.15, 0.2) is 0 Å². The lowest BCUT2D eigenvalue weighted by atomic mass is 9.97. The molecule has 112 valence electrons. The molecule has 2 saturated heterocycles. The lowest BCUT2D eigenvalue weighted by Gasteiger charge is -2.32. The maximum absolute atomic E-state index is 12.6. The zero-order valence-electron chi connectivity index (χ0n) is 12.5. The highest BCUT2D eigenvalue weighted by Crippen LogP contribution is 2.30. The molecular weight excluding hydrogens is 252 g/mol. The topological polar surface area (TPSA) is 40.6 Å². The van der Waals surface area contributed by atoms with Crippen molar-refractivity contribution in [3.05, 3.63) is 0 Å². The third kappa shape index (κ3) is 2.70. The van der Waals surface area contributed by atoms with Crippen LogP contribution in [0.1, 0.15) is 51.9 Å². The molecule has 4 heteroatoms. The van der Waals surface area contributed by atoms with E-state index < -0.39 is 0 Å². The van der Waals surface area contributed by atoms with Crippen LogP contribution in [0.3, 0.4) is 0 Å². The molecule has 1 aliphatic carbocycles. The zero-order chi connectivity index (χ0) is 14.1. The maximum Gasteiger partial charge on any atom is 0.227 e. The number of amides is 2. The van der Waals surface area contributed by atoms with Gasteiger partial charge in [-0.15, -0.1) is 0 Å². The Hall–Kier alpha value is -1.06. The molecule has 0 radical (unpaired) electrons. The van der Waals surface area contributed by atoms with E-state index >= 15 is 0 Å².